The topological polar surface area (TPSA) is 41.6 Å². The first-order valence-electron chi connectivity index (χ1n) is 5.89. The number of carbonyl (C=O) groups is 1. The average Bonchev–Trinajstić information content (AvgIpc) is 2.43. The molecule has 0 bridgehead atoms. The van der Waals surface area contributed by atoms with Crippen molar-refractivity contribution in [2.24, 2.45) is 0 Å². The zero-order valence-electron chi connectivity index (χ0n) is 9.79. The van der Waals surface area contributed by atoms with Gasteiger partial charge in [0.25, 0.3) is 0 Å². The van der Waals surface area contributed by atoms with Crippen LogP contribution in [0.1, 0.15) is 33.1 Å². The van der Waals surface area contributed by atoms with Gasteiger partial charge in [0.1, 0.15) is 0 Å². The van der Waals surface area contributed by atoms with Crippen LogP contribution in [0.3, 0.4) is 0 Å². The lowest BCUT2D eigenvalue weighted by molar-refractivity contribution is 0.0903. The Morgan fingerprint density at radius 1 is 1.53 bits per heavy atom. The fraction of sp³-hybridized carbons (Fsp3) is 0.909. The Kier molecular flexibility index (Phi) is 5.47. The lowest BCUT2D eigenvalue weighted by Crippen LogP contribution is -2.40. The quantitative estimate of drug-likeness (QED) is 0.726. The lowest BCUT2D eigenvalue weighted by atomic mass is 10.2. The number of amides is 1. The summed E-state index contributed by atoms with van der Waals surface area (Å²) >= 11 is 0. The van der Waals surface area contributed by atoms with Crippen molar-refractivity contribution in [2.45, 2.75) is 39.2 Å². The molecule has 0 aliphatic carbocycles. The SMILES string of the molecule is CCCCOC(=O)N1CCNCCC1C. The third-order valence-electron chi connectivity index (χ3n) is 2.76. The molecule has 1 atom stereocenters. The van der Waals surface area contributed by atoms with Crippen molar-refractivity contribution in [3.05, 3.63) is 0 Å². The first kappa shape index (κ1) is 12.3. The van der Waals surface area contributed by atoms with E-state index in [1.165, 1.54) is 0 Å². The Labute approximate surface area is 92.0 Å². The predicted molar refractivity (Wildman–Crippen MR) is 59.9 cm³/mol. The van der Waals surface area contributed by atoms with Gasteiger partial charge in [0.05, 0.1) is 6.61 Å². The van der Waals surface area contributed by atoms with Crippen molar-refractivity contribution in [3.63, 3.8) is 0 Å². The molecule has 1 amide bonds. The summed E-state index contributed by atoms with van der Waals surface area (Å²) < 4.78 is 5.21. The van der Waals surface area contributed by atoms with Crippen LogP contribution in [0, 0.1) is 0 Å². The predicted octanol–water partition coefficient (Wildman–Crippen LogP) is 1.61. The molecule has 1 unspecified atom stereocenters. The standard InChI is InChI=1S/C11H22N2O2/c1-3-4-9-15-11(14)13-8-7-12-6-5-10(13)2/h10,12H,3-9H2,1-2H3. The first-order chi connectivity index (χ1) is 7.25. The molecule has 88 valence electrons. The zero-order chi connectivity index (χ0) is 11.1. The zero-order valence-corrected chi connectivity index (χ0v) is 9.79. The summed E-state index contributed by atoms with van der Waals surface area (Å²) in [5.74, 6) is 0. The number of hydrogen-bond acceptors (Lipinski definition) is 3. The van der Waals surface area contributed by atoms with Crippen LogP contribution in [0.25, 0.3) is 0 Å². The number of hydrogen-bond donors (Lipinski definition) is 1. The van der Waals surface area contributed by atoms with E-state index in [2.05, 4.69) is 19.2 Å². The molecule has 1 N–H and O–H groups in total. The van der Waals surface area contributed by atoms with Crippen molar-refractivity contribution in [1.82, 2.24) is 10.2 Å². The maximum absolute atomic E-state index is 11.7. The monoisotopic (exact) mass is 214 g/mol. The van der Waals surface area contributed by atoms with Crippen molar-refractivity contribution in [3.8, 4) is 0 Å². The van der Waals surface area contributed by atoms with Crippen LogP contribution in [0.4, 0.5) is 4.79 Å². The molecule has 0 spiro atoms. The Morgan fingerprint density at radius 3 is 3.07 bits per heavy atom. The fourth-order valence-electron chi connectivity index (χ4n) is 1.67. The first-order valence-corrected chi connectivity index (χ1v) is 5.89. The van der Waals surface area contributed by atoms with E-state index in [-0.39, 0.29) is 12.1 Å². The molecule has 1 aliphatic rings. The van der Waals surface area contributed by atoms with Gasteiger partial charge >= 0.3 is 6.09 Å². The second-order valence-electron chi connectivity index (χ2n) is 4.05. The third-order valence-corrected chi connectivity index (χ3v) is 2.76. The number of nitrogens with zero attached hydrogens (tertiary/aromatic N) is 1. The van der Waals surface area contributed by atoms with Crippen LogP contribution in [-0.4, -0.2) is 43.3 Å². The molecule has 1 aliphatic heterocycles. The van der Waals surface area contributed by atoms with Crippen LogP contribution in [0.15, 0.2) is 0 Å². The molecule has 0 radical (unpaired) electrons. The minimum Gasteiger partial charge on any atom is -0.449 e. The van der Waals surface area contributed by atoms with Gasteiger partial charge in [-0.15, -0.1) is 0 Å². The molecule has 0 saturated carbocycles. The maximum atomic E-state index is 11.7. The van der Waals surface area contributed by atoms with Crippen LogP contribution in [0.2, 0.25) is 0 Å². The normalized spacial score (nSPS) is 22.3. The van der Waals surface area contributed by atoms with E-state index in [1.807, 2.05) is 4.90 Å². The number of nitrogens with one attached hydrogen (secondary N) is 1. The van der Waals surface area contributed by atoms with E-state index in [0.29, 0.717) is 6.61 Å². The highest BCUT2D eigenvalue weighted by atomic mass is 16.6. The Morgan fingerprint density at radius 2 is 2.33 bits per heavy atom. The third kappa shape index (κ3) is 4.08. The van der Waals surface area contributed by atoms with E-state index in [9.17, 15) is 4.79 Å². The Bertz CT molecular complexity index is 197. The van der Waals surface area contributed by atoms with Crippen molar-refractivity contribution < 1.29 is 9.53 Å². The van der Waals surface area contributed by atoms with E-state index in [1.54, 1.807) is 0 Å². The van der Waals surface area contributed by atoms with Crippen LogP contribution < -0.4 is 5.32 Å². The van der Waals surface area contributed by atoms with Gasteiger partial charge in [-0.25, -0.2) is 4.79 Å². The van der Waals surface area contributed by atoms with Crippen molar-refractivity contribution in [2.75, 3.05) is 26.2 Å². The fourth-order valence-corrected chi connectivity index (χ4v) is 1.67. The highest BCUT2D eigenvalue weighted by Crippen LogP contribution is 2.08. The Hall–Kier alpha value is -0.770. The number of carbonyl (C=O) groups excluding carboxylic acids is 1. The number of unbranched alkanes of at least 4 members (excludes halogenated alkanes) is 1. The summed E-state index contributed by atoms with van der Waals surface area (Å²) in [6.07, 6.45) is 2.86. The van der Waals surface area contributed by atoms with Gasteiger partial charge in [0.2, 0.25) is 0 Å². The Balaban J connectivity index is 2.34. The van der Waals surface area contributed by atoms with Crippen molar-refractivity contribution >= 4 is 6.09 Å². The van der Waals surface area contributed by atoms with Crippen LogP contribution >= 0.6 is 0 Å². The molecular weight excluding hydrogens is 192 g/mol. The molecule has 4 heteroatoms. The maximum Gasteiger partial charge on any atom is 0.410 e. The summed E-state index contributed by atoms with van der Waals surface area (Å²) in [6.45, 7) is 7.33. The molecular formula is C11H22N2O2. The van der Waals surface area contributed by atoms with E-state index >= 15 is 0 Å². The molecule has 0 aromatic heterocycles. The van der Waals surface area contributed by atoms with Crippen LogP contribution in [-0.2, 0) is 4.74 Å². The molecule has 15 heavy (non-hydrogen) atoms. The van der Waals surface area contributed by atoms with Gasteiger partial charge in [-0.3, -0.25) is 0 Å². The summed E-state index contributed by atoms with van der Waals surface area (Å²) in [5.41, 5.74) is 0. The molecule has 4 nitrogen and oxygen atoms in total. The second kappa shape index (κ2) is 6.67. The molecule has 1 rings (SSSR count). The smallest absolute Gasteiger partial charge is 0.410 e. The van der Waals surface area contributed by atoms with E-state index in [4.69, 9.17) is 4.74 Å². The highest BCUT2D eigenvalue weighted by Gasteiger charge is 2.22. The second-order valence-corrected chi connectivity index (χ2v) is 4.05. The largest absolute Gasteiger partial charge is 0.449 e. The highest BCUT2D eigenvalue weighted by molar-refractivity contribution is 5.68. The van der Waals surface area contributed by atoms with Gasteiger partial charge in [-0.2, -0.15) is 0 Å². The van der Waals surface area contributed by atoms with Gasteiger partial charge in [-0.05, 0) is 26.3 Å². The molecule has 1 heterocycles. The van der Waals surface area contributed by atoms with Crippen molar-refractivity contribution in [1.29, 1.82) is 0 Å². The van der Waals surface area contributed by atoms with E-state index in [0.717, 1.165) is 38.9 Å². The van der Waals surface area contributed by atoms with Gasteiger partial charge in [0, 0.05) is 19.1 Å². The molecule has 0 aromatic carbocycles. The molecule has 1 saturated heterocycles. The van der Waals surface area contributed by atoms with Gasteiger partial charge in [0.15, 0.2) is 0 Å². The minimum atomic E-state index is -0.153. The summed E-state index contributed by atoms with van der Waals surface area (Å²) in [7, 11) is 0. The molecule has 1 fully saturated rings. The lowest BCUT2D eigenvalue weighted by Gasteiger charge is -2.25. The molecule has 0 aromatic rings. The van der Waals surface area contributed by atoms with Gasteiger partial charge < -0.3 is 15.0 Å². The average molecular weight is 214 g/mol. The van der Waals surface area contributed by atoms with Crippen LogP contribution in [0.5, 0.6) is 0 Å². The van der Waals surface area contributed by atoms with E-state index < -0.39 is 0 Å². The number of rotatable bonds is 3. The van der Waals surface area contributed by atoms with Gasteiger partial charge in [-0.1, -0.05) is 13.3 Å². The number of ether oxygens (including phenoxy) is 1. The summed E-state index contributed by atoms with van der Waals surface area (Å²) in [6, 6.07) is 0.286. The summed E-state index contributed by atoms with van der Waals surface area (Å²) in [5, 5.41) is 3.28. The minimum absolute atomic E-state index is 0.153. The summed E-state index contributed by atoms with van der Waals surface area (Å²) in [4.78, 5) is 13.5.